The highest BCUT2D eigenvalue weighted by Gasteiger charge is 2.61. The van der Waals surface area contributed by atoms with E-state index in [0.29, 0.717) is 37.6 Å². The lowest BCUT2D eigenvalue weighted by Gasteiger charge is -2.50. The number of amides is 1. The van der Waals surface area contributed by atoms with Gasteiger partial charge in [-0.15, -0.1) is 21.5 Å². The first-order valence-electron chi connectivity index (χ1n) is 12.7. The molecular weight excluding hydrogens is 583 g/mol. The lowest BCUT2D eigenvalue weighted by atomic mass is 9.71. The minimum Gasteiger partial charge on any atom is -0.419 e. The summed E-state index contributed by atoms with van der Waals surface area (Å²) in [5, 5.41) is 8.03. The van der Waals surface area contributed by atoms with E-state index in [1.807, 2.05) is 4.90 Å². The summed E-state index contributed by atoms with van der Waals surface area (Å²) in [6.45, 7) is 6.07. The monoisotopic (exact) mass is 605 g/mol. The van der Waals surface area contributed by atoms with Crippen molar-refractivity contribution in [3.8, 4) is 0 Å². The molecule has 7 rings (SSSR count). The molecule has 2 aliphatic heterocycles. The van der Waals surface area contributed by atoms with Gasteiger partial charge in [0.15, 0.2) is 11.5 Å². The van der Waals surface area contributed by atoms with E-state index in [0.717, 1.165) is 17.2 Å². The molecule has 4 aromatic rings. The Kier molecular flexibility index (Phi) is 5.69. The van der Waals surface area contributed by atoms with Gasteiger partial charge in [-0.1, -0.05) is 43.1 Å². The van der Waals surface area contributed by atoms with Gasteiger partial charge in [-0.2, -0.15) is 8.78 Å². The number of rotatable bonds is 5. The number of anilines is 1. The van der Waals surface area contributed by atoms with Crippen LogP contribution in [0.3, 0.4) is 0 Å². The molecule has 5 heterocycles. The molecule has 3 aliphatic rings. The standard InChI is InChI=1S/C26H23Cl2F2N7O2S/c1-24(2)6-14(24)22(38)37-9-25(10-37)8-36(20-18-19(31-11-32-20)33-12-40-18)7-15(25)21-34-35-23(39-21)26(29,30)13-3-4-16(27)17(28)5-13/h3-5,11-12,14-15H,6-10H2,1-2H3/t14-,15?/m1/s1. The number of hydrogen-bond donors (Lipinski definition) is 0. The summed E-state index contributed by atoms with van der Waals surface area (Å²) >= 11 is 13.3. The number of halogens is 4. The third-order valence-electron chi connectivity index (χ3n) is 8.48. The number of hydrogen-bond acceptors (Lipinski definition) is 9. The maximum Gasteiger partial charge on any atom is 0.349 e. The van der Waals surface area contributed by atoms with Gasteiger partial charge < -0.3 is 14.2 Å². The molecule has 1 aliphatic carbocycles. The molecule has 0 bridgehead atoms. The summed E-state index contributed by atoms with van der Waals surface area (Å²) < 4.78 is 37.4. The predicted molar refractivity (Wildman–Crippen MR) is 145 cm³/mol. The van der Waals surface area contributed by atoms with Gasteiger partial charge in [0, 0.05) is 43.1 Å². The Morgan fingerprint density at radius 2 is 1.90 bits per heavy atom. The first kappa shape index (κ1) is 26.0. The highest BCUT2D eigenvalue weighted by molar-refractivity contribution is 7.17. The first-order valence-corrected chi connectivity index (χ1v) is 14.4. The Balaban J connectivity index is 1.21. The minimum absolute atomic E-state index is 0.00117. The lowest BCUT2D eigenvalue weighted by molar-refractivity contribution is -0.145. The van der Waals surface area contributed by atoms with Crippen molar-refractivity contribution in [3.63, 3.8) is 0 Å². The molecule has 1 amide bonds. The van der Waals surface area contributed by atoms with Crippen LogP contribution < -0.4 is 4.90 Å². The van der Waals surface area contributed by atoms with Crippen LogP contribution in [0.4, 0.5) is 14.6 Å². The zero-order valence-corrected chi connectivity index (χ0v) is 23.8. The lowest BCUT2D eigenvalue weighted by Crippen LogP contribution is -2.62. The minimum atomic E-state index is -3.58. The van der Waals surface area contributed by atoms with E-state index >= 15 is 8.78 Å². The molecule has 1 spiro atoms. The van der Waals surface area contributed by atoms with E-state index in [9.17, 15) is 4.79 Å². The molecule has 0 N–H and O–H groups in total. The van der Waals surface area contributed by atoms with Crippen LogP contribution in [0.1, 0.15) is 43.5 Å². The normalized spacial score (nSPS) is 23.1. The molecule has 2 atom stereocenters. The van der Waals surface area contributed by atoms with Crippen molar-refractivity contribution in [1.29, 1.82) is 0 Å². The maximum absolute atomic E-state index is 15.4. The van der Waals surface area contributed by atoms with Crippen LogP contribution in [0, 0.1) is 16.7 Å². The third-order valence-corrected chi connectivity index (χ3v) is 10.0. The maximum atomic E-state index is 15.4. The highest BCUT2D eigenvalue weighted by atomic mass is 35.5. The Morgan fingerprint density at radius 1 is 1.12 bits per heavy atom. The molecule has 9 nitrogen and oxygen atoms in total. The molecule has 2 saturated heterocycles. The van der Waals surface area contributed by atoms with Gasteiger partial charge in [0.2, 0.25) is 11.8 Å². The first-order chi connectivity index (χ1) is 19.0. The van der Waals surface area contributed by atoms with Crippen LogP contribution in [0.25, 0.3) is 10.3 Å². The van der Waals surface area contributed by atoms with Crippen LogP contribution in [-0.2, 0) is 10.7 Å². The highest BCUT2D eigenvalue weighted by Crippen LogP contribution is 2.56. The average molecular weight is 606 g/mol. The zero-order valence-electron chi connectivity index (χ0n) is 21.4. The number of benzene rings is 1. The van der Waals surface area contributed by atoms with Crippen molar-refractivity contribution in [2.75, 3.05) is 31.1 Å². The molecule has 3 aromatic heterocycles. The molecule has 14 heteroatoms. The van der Waals surface area contributed by atoms with E-state index in [2.05, 4.69) is 43.9 Å². The van der Waals surface area contributed by atoms with Crippen LogP contribution in [0.5, 0.6) is 0 Å². The van der Waals surface area contributed by atoms with E-state index in [1.54, 1.807) is 5.51 Å². The number of nitrogens with zero attached hydrogens (tertiary/aromatic N) is 7. The van der Waals surface area contributed by atoms with E-state index in [4.69, 9.17) is 27.6 Å². The molecular formula is C26H23Cl2F2N7O2S. The Bertz CT molecular complexity index is 1650. The summed E-state index contributed by atoms with van der Waals surface area (Å²) in [4.78, 5) is 30.1. The van der Waals surface area contributed by atoms with Gasteiger partial charge in [0.1, 0.15) is 11.0 Å². The van der Waals surface area contributed by atoms with Gasteiger partial charge in [-0.05, 0) is 24.0 Å². The number of thiazole rings is 1. The van der Waals surface area contributed by atoms with Crippen LogP contribution in [-0.4, -0.2) is 62.1 Å². The van der Waals surface area contributed by atoms with Gasteiger partial charge in [0.25, 0.3) is 5.89 Å². The number of aromatic nitrogens is 5. The fourth-order valence-corrected chi connectivity index (χ4v) is 7.05. The molecule has 40 heavy (non-hydrogen) atoms. The van der Waals surface area contributed by atoms with E-state index in [-0.39, 0.29) is 33.2 Å². The Hall–Kier alpha value is -2.96. The summed E-state index contributed by atoms with van der Waals surface area (Å²) in [7, 11) is 0. The fourth-order valence-electron chi connectivity index (χ4n) is 5.99. The number of carbonyl (C=O) groups is 1. The Labute approximate surface area is 241 Å². The number of likely N-dealkylation sites (tertiary alicyclic amines) is 1. The number of carbonyl (C=O) groups excluding carboxylic acids is 1. The average Bonchev–Trinajstić information content (AvgIpc) is 3.39. The van der Waals surface area contributed by atoms with Gasteiger partial charge >= 0.3 is 5.92 Å². The second-order valence-corrected chi connectivity index (χ2v) is 13.3. The van der Waals surface area contributed by atoms with Crippen molar-refractivity contribution in [2.45, 2.75) is 32.1 Å². The van der Waals surface area contributed by atoms with Crippen molar-refractivity contribution < 1.29 is 18.0 Å². The van der Waals surface area contributed by atoms with Gasteiger partial charge in [-0.25, -0.2) is 15.0 Å². The smallest absolute Gasteiger partial charge is 0.349 e. The van der Waals surface area contributed by atoms with E-state index in [1.165, 1.54) is 29.8 Å². The van der Waals surface area contributed by atoms with Crippen molar-refractivity contribution in [1.82, 2.24) is 30.0 Å². The van der Waals surface area contributed by atoms with Crippen LogP contribution in [0.2, 0.25) is 10.0 Å². The molecule has 208 valence electrons. The third kappa shape index (κ3) is 3.98. The topological polar surface area (TPSA) is 101 Å². The molecule has 1 saturated carbocycles. The SMILES string of the molecule is CC1(C)C[C@@H]1C(=O)N1CC2(C1)CN(c1ncnc3ncsc13)CC2c1nnc(C(F)(F)c2ccc(Cl)c(Cl)c2)o1. The fraction of sp³-hybridized carbons (Fsp3) is 0.462. The molecule has 0 radical (unpaired) electrons. The summed E-state index contributed by atoms with van der Waals surface area (Å²) in [6.07, 6.45) is 2.33. The van der Waals surface area contributed by atoms with Crippen LogP contribution >= 0.6 is 34.5 Å². The second kappa shape index (κ2) is 8.77. The molecule has 3 fully saturated rings. The summed E-state index contributed by atoms with van der Waals surface area (Å²) in [6, 6.07) is 3.58. The summed E-state index contributed by atoms with van der Waals surface area (Å²) in [5.41, 5.74) is 1.45. The van der Waals surface area contributed by atoms with Crippen molar-refractivity contribution in [3.05, 3.63) is 57.4 Å². The van der Waals surface area contributed by atoms with Crippen molar-refractivity contribution >= 4 is 56.6 Å². The van der Waals surface area contributed by atoms with Crippen molar-refractivity contribution in [2.24, 2.45) is 16.7 Å². The van der Waals surface area contributed by atoms with E-state index < -0.39 is 28.7 Å². The number of fused-ring (bicyclic) bond motifs is 1. The Morgan fingerprint density at radius 3 is 2.62 bits per heavy atom. The van der Waals surface area contributed by atoms with Crippen LogP contribution in [0.15, 0.2) is 34.5 Å². The summed E-state index contributed by atoms with van der Waals surface area (Å²) in [5.74, 6) is -3.84. The molecule has 1 unspecified atom stereocenters. The predicted octanol–water partition coefficient (Wildman–Crippen LogP) is 5.39. The number of alkyl halides is 2. The zero-order chi connectivity index (χ0) is 28.0. The molecule has 1 aromatic carbocycles. The second-order valence-electron chi connectivity index (χ2n) is 11.6. The quantitative estimate of drug-likeness (QED) is 0.298. The van der Waals surface area contributed by atoms with Gasteiger partial charge in [-0.3, -0.25) is 4.79 Å². The van der Waals surface area contributed by atoms with Gasteiger partial charge in [0.05, 0.1) is 21.5 Å². The largest absolute Gasteiger partial charge is 0.419 e.